The van der Waals surface area contributed by atoms with E-state index in [-0.39, 0.29) is 0 Å². The summed E-state index contributed by atoms with van der Waals surface area (Å²) in [5.41, 5.74) is 0. The molecule has 0 spiro atoms. The summed E-state index contributed by atoms with van der Waals surface area (Å²) in [6.07, 6.45) is 13.0. The summed E-state index contributed by atoms with van der Waals surface area (Å²) >= 11 is 0. The summed E-state index contributed by atoms with van der Waals surface area (Å²) in [7, 11) is 0. The van der Waals surface area contributed by atoms with E-state index in [1.807, 2.05) is 5.92 Å². The van der Waals surface area contributed by atoms with Crippen LogP contribution in [0.5, 0.6) is 0 Å². The normalized spacial score (nSPS) is 25.8. The lowest BCUT2D eigenvalue weighted by molar-refractivity contribution is 0.226. The Kier molecular flexibility index (Phi) is 7.23. The number of rotatable bonds is 7. The zero-order valence-electron chi connectivity index (χ0n) is 12.6. The molecule has 0 aromatic carbocycles. The highest BCUT2D eigenvalue weighted by atomic mass is 14.3. The third-order valence-corrected chi connectivity index (χ3v) is 4.84. The van der Waals surface area contributed by atoms with Crippen LogP contribution in [0.4, 0.5) is 0 Å². The van der Waals surface area contributed by atoms with Gasteiger partial charge in [0.1, 0.15) is 0 Å². The summed E-state index contributed by atoms with van der Waals surface area (Å²) in [6, 6.07) is 0. The fourth-order valence-corrected chi connectivity index (χ4v) is 3.31. The monoisotopic (exact) mass is 237 g/mol. The van der Waals surface area contributed by atoms with Gasteiger partial charge in [0, 0.05) is 0 Å². The minimum Gasteiger partial charge on any atom is -0.0654 e. The van der Waals surface area contributed by atoms with Crippen molar-refractivity contribution < 1.29 is 0 Å². The van der Waals surface area contributed by atoms with Gasteiger partial charge in [-0.3, -0.25) is 0 Å². The molecule has 0 atom stereocenters. The first-order chi connectivity index (χ1) is 8.15. The lowest BCUT2D eigenvalue weighted by Gasteiger charge is -2.33. The Hall–Kier alpha value is 0. The molecule has 1 saturated carbocycles. The molecule has 1 fully saturated rings. The molecule has 1 radical (unpaired) electrons. The van der Waals surface area contributed by atoms with Crippen molar-refractivity contribution in [3.05, 3.63) is 5.92 Å². The van der Waals surface area contributed by atoms with Crippen molar-refractivity contribution >= 4 is 0 Å². The molecule has 1 aliphatic carbocycles. The summed E-state index contributed by atoms with van der Waals surface area (Å²) in [5, 5.41) is 0. The van der Waals surface area contributed by atoms with Gasteiger partial charge in [-0.2, -0.15) is 0 Å². The lowest BCUT2D eigenvalue weighted by Crippen LogP contribution is -2.21. The first-order valence-corrected chi connectivity index (χ1v) is 7.97. The average Bonchev–Trinajstić information content (AvgIpc) is 2.34. The van der Waals surface area contributed by atoms with Crippen molar-refractivity contribution in [2.75, 3.05) is 0 Å². The maximum absolute atomic E-state index is 2.42. The van der Waals surface area contributed by atoms with Gasteiger partial charge in [0.15, 0.2) is 0 Å². The van der Waals surface area contributed by atoms with E-state index in [4.69, 9.17) is 0 Å². The Morgan fingerprint density at radius 1 is 1.00 bits per heavy atom. The van der Waals surface area contributed by atoms with Gasteiger partial charge in [-0.05, 0) is 55.8 Å². The lowest BCUT2D eigenvalue weighted by atomic mass is 9.72. The zero-order valence-corrected chi connectivity index (χ0v) is 12.6. The molecule has 0 N–H and O–H groups in total. The molecule has 17 heavy (non-hydrogen) atoms. The van der Waals surface area contributed by atoms with E-state index in [9.17, 15) is 0 Å². The predicted octanol–water partition coefficient (Wildman–Crippen LogP) is 6.01. The fourth-order valence-electron chi connectivity index (χ4n) is 3.31. The highest BCUT2D eigenvalue weighted by Gasteiger charge is 2.26. The van der Waals surface area contributed by atoms with Crippen molar-refractivity contribution in [2.45, 2.75) is 85.5 Å². The molecule has 0 amide bonds. The largest absolute Gasteiger partial charge is 0.0654 e. The van der Waals surface area contributed by atoms with Crippen molar-refractivity contribution in [1.82, 2.24) is 0 Å². The standard InChI is InChI=1S/C17H33/c1-5-6-7-8-9-15(4)17-12-10-16(11-13-17)14(2)3/h14,16-17H,5-13H2,1-4H3. The minimum atomic E-state index is 0.904. The van der Waals surface area contributed by atoms with Gasteiger partial charge in [0.25, 0.3) is 0 Å². The Labute approximate surface area is 110 Å². The van der Waals surface area contributed by atoms with Crippen LogP contribution in [0.2, 0.25) is 0 Å². The highest BCUT2D eigenvalue weighted by molar-refractivity contribution is 4.94. The maximum Gasteiger partial charge on any atom is -0.0241 e. The molecule has 0 aromatic rings. The van der Waals surface area contributed by atoms with Crippen LogP contribution < -0.4 is 0 Å². The van der Waals surface area contributed by atoms with E-state index >= 15 is 0 Å². The molecule has 101 valence electrons. The van der Waals surface area contributed by atoms with E-state index < -0.39 is 0 Å². The molecular formula is C17H33. The summed E-state index contributed by atoms with van der Waals surface area (Å²) in [4.78, 5) is 0. The second-order valence-corrected chi connectivity index (χ2v) is 6.51. The third kappa shape index (κ3) is 5.44. The fraction of sp³-hybridized carbons (Fsp3) is 0.941. The number of hydrogen-bond donors (Lipinski definition) is 0. The SMILES string of the molecule is CCCCCC[C](C)C1CCC(C(C)C)CC1. The van der Waals surface area contributed by atoms with Gasteiger partial charge in [-0.1, -0.05) is 53.4 Å². The van der Waals surface area contributed by atoms with Gasteiger partial charge in [-0.15, -0.1) is 0 Å². The first kappa shape index (κ1) is 15.1. The number of unbranched alkanes of at least 4 members (excludes halogenated alkanes) is 3. The molecule has 0 bridgehead atoms. The van der Waals surface area contributed by atoms with Crippen molar-refractivity contribution in [2.24, 2.45) is 17.8 Å². The quantitative estimate of drug-likeness (QED) is 0.475. The van der Waals surface area contributed by atoms with E-state index in [0.29, 0.717) is 0 Å². The van der Waals surface area contributed by atoms with Gasteiger partial charge >= 0.3 is 0 Å². The van der Waals surface area contributed by atoms with E-state index in [1.54, 1.807) is 0 Å². The Balaban J connectivity index is 2.14. The van der Waals surface area contributed by atoms with Crippen molar-refractivity contribution in [3.8, 4) is 0 Å². The van der Waals surface area contributed by atoms with Crippen LogP contribution in [0.1, 0.15) is 85.5 Å². The molecule has 1 aliphatic rings. The Morgan fingerprint density at radius 2 is 1.65 bits per heavy atom. The predicted molar refractivity (Wildman–Crippen MR) is 78.0 cm³/mol. The van der Waals surface area contributed by atoms with Crippen LogP contribution in [0.3, 0.4) is 0 Å². The molecule has 0 unspecified atom stereocenters. The second-order valence-electron chi connectivity index (χ2n) is 6.51. The third-order valence-electron chi connectivity index (χ3n) is 4.84. The molecular weight excluding hydrogens is 204 g/mol. The molecule has 0 aliphatic heterocycles. The van der Waals surface area contributed by atoms with Crippen LogP contribution in [-0.4, -0.2) is 0 Å². The Morgan fingerprint density at radius 3 is 2.18 bits per heavy atom. The van der Waals surface area contributed by atoms with Gasteiger partial charge in [0.2, 0.25) is 0 Å². The van der Waals surface area contributed by atoms with Crippen LogP contribution in [0.15, 0.2) is 0 Å². The van der Waals surface area contributed by atoms with Crippen LogP contribution >= 0.6 is 0 Å². The summed E-state index contributed by atoms with van der Waals surface area (Å²) < 4.78 is 0. The highest BCUT2D eigenvalue weighted by Crippen LogP contribution is 2.38. The topological polar surface area (TPSA) is 0 Å². The first-order valence-electron chi connectivity index (χ1n) is 7.97. The van der Waals surface area contributed by atoms with Crippen LogP contribution in [0.25, 0.3) is 0 Å². The van der Waals surface area contributed by atoms with E-state index in [1.165, 1.54) is 57.8 Å². The number of hydrogen-bond acceptors (Lipinski definition) is 0. The minimum absolute atomic E-state index is 0.904. The molecule has 0 saturated heterocycles. The van der Waals surface area contributed by atoms with Gasteiger partial charge < -0.3 is 0 Å². The van der Waals surface area contributed by atoms with E-state index in [0.717, 1.165) is 17.8 Å². The van der Waals surface area contributed by atoms with Crippen molar-refractivity contribution in [1.29, 1.82) is 0 Å². The van der Waals surface area contributed by atoms with E-state index in [2.05, 4.69) is 27.7 Å². The van der Waals surface area contributed by atoms with Crippen LogP contribution in [-0.2, 0) is 0 Å². The van der Waals surface area contributed by atoms with Crippen molar-refractivity contribution in [3.63, 3.8) is 0 Å². The summed E-state index contributed by atoms with van der Waals surface area (Å²) in [6.45, 7) is 9.51. The van der Waals surface area contributed by atoms with Crippen LogP contribution in [0, 0.1) is 23.7 Å². The molecule has 1 rings (SSSR count). The average molecular weight is 237 g/mol. The van der Waals surface area contributed by atoms with Gasteiger partial charge in [0.05, 0.1) is 0 Å². The molecule has 0 nitrogen and oxygen atoms in total. The molecule has 0 aromatic heterocycles. The second kappa shape index (κ2) is 8.16. The molecule has 0 heteroatoms. The smallest absolute Gasteiger partial charge is 0.0241 e. The van der Waals surface area contributed by atoms with Gasteiger partial charge in [-0.25, -0.2) is 0 Å². The molecule has 0 heterocycles. The Bertz CT molecular complexity index is 174. The maximum atomic E-state index is 2.42. The summed E-state index contributed by atoms with van der Waals surface area (Å²) in [5.74, 6) is 4.69. The zero-order chi connectivity index (χ0) is 12.7.